The molecule has 30 heavy (non-hydrogen) atoms. The number of carbonyl (C=O) groups is 2. The number of likely N-dealkylation sites (tertiary alicyclic amines) is 1. The molecule has 1 N–H and O–H groups in total. The number of nitrogens with one attached hydrogen (secondary N) is 1. The van der Waals surface area contributed by atoms with Gasteiger partial charge in [-0.3, -0.25) is 19.4 Å². The zero-order valence-corrected chi connectivity index (χ0v) is 18.5. The van der Waals surface area contributed by atoms with E-state index in [-0.39, 0.29) is 18.6 Å². The van der Waals surface area contributed by atoms with Crippen molar-refractivity contribution in [1.29, 1.82) is 0 Å². The molecular weight excluding hydrogens is 422 g/mol. The Hall–Kier alpha value is -2.10. The molecule has 1 unspecified atom stereocenters. The van der Waals surface area contributed by atoms with Crippen molar-refractivity contribution < 1.29 is 19.1 Å². The quantitative estimate of drug-likeness (QED) is 0.531. The smallest absolute Gasteiger partial charge is 0.266 e. The van der Waals surface area contributed by atoms with Gasteiger partial charge in [-0.15, -0.1) is 0 Å². The SMILES string of the molecule is CC1CCCN(CC(=O)NCCN2C(=O)/C(=C/c3ccc4c(c3)OCO4)SC2=S)C1. The number of hydrogen-bond acceptors (Lipinski definition) is 7. The van der Waals surface area contributed by atoms with Crippen LogP contribution in [0.15, 0.2) is 23.1 Å². The predicted molar refractivity (Wildman–Crippen MR) is 120 cm³/mol. The Balaban J connectivity index is 1.28. The van der Waals surface area contributed by atoms with E-state index in [1.54, 1.807) is 11.0 Å². The van der Waals surface area contributed by atoms with Crippen LogP contribution in [0.3, 0.4) is 0 Å². The van der Waals surface area contributed by atoms with Gasteiger partial charge in [0.25, 0.3) is 5.91 Å². The first-order valence-corrected chi connectivity index (χ1v) is 11.4. The Morgan fingerprint density at radius 1 is 1.37 bits per heavy atom. The number of benzene rings is 1. The van der Waals surface area contributed by atoms with Gasteiger partial charge in [-0.05, 0) is 49.1 Å². The summed E-state index contributed by atoms with van der Waals surface area (Å²) >= 11 is 6.65. The van der Waals surface area contributed by atoms with Gasteiger partial charge in [-0.1, -0.05) is 37.0 Å². The summed E-state index contributed by atoms with van der Waals surface area (Å²) in [6.07, 6.45) is 4.17. The molecule has 4 rings (SSSR count). The fraction of sp³-hybridized carbons (Fsp3) is 0.476. The van der Waals surface area contributed by atoms with Crippen molar-refractivity contribution in [3.8, 4) is 11.5 Å². The van der Waals surface area contributed by atoms with Crippen molar-refractivity contribution in [1.82, 2.24) is 15.1 Å². The van der Waals surface area contributed by atoms with Gasteiger partial charge in [-0.2, -0.15) is 0 Å². The highest BCUT2D eigenvalue weighted by molar-refractivity contribution is 8.26. The highest BCUT2D eigenvalue weighted by Crippen LogP contribution is 2.36. The van der Waals surface area contributed by atoms with E-state index in [1.165, 1.54) is 18.2 Å². The maximum Gasteiger partial charge on any atom is 0.266 e. The summed E-state index contributed by atoms with van der Waals surface area (Å²) in [7, 11) is 0. The lowest BCUT2D eigenvalue weighted by atomic mass is 10.0. The van der Waals surface area contributed by atoms with E-state index in [0.717, 1.165) is 25.1 Å². The van der Waals surface area contributed by atoms with E-state index in [0.29, 0.717) is 46.3 Å². The molecule has 2 fully saturated rings. The molecule has 9 heteroatoms. The maximum absolute atomic E-state index is 12.8. The standard InChI is InChI=1S/C21H25N3O4S2/c1-14-3-2-7-23(11-14)12-19(25)22-6-8-24-20(26)18(30-21(24)29)10-15-4-5-16-17(9-15)28-13-27-16/h4-5,9-10,14H,2-3,6-8,11-13H2,1H3,(H,22,25)/b18-10-. The molecule has 0 radical (unpaired) electrons. The van der Waals surface area contributed by atoms with Crippen LogP contribution in [0.5, 0.6) is 11.5 Å². The molecule has 0 spiro atoms. The number of piperidine rings is 1. The number of fused-ring (bicyclic) bond motifs is 1. The van der Waals surface area contributed by atoms with Crippen molar-refractivity contribution in [2.45, 2.75) is 19.8 Å². The number of rotatable bonds is 6. The second kappa shape index (κ2) is 9.36. The second-order valence-electron chi connectivity index (χ2n) is 7.78. The first kappa shape index (κ1) is 21.1. The van der Waals surface area contributed by atoms with E-state index in [4.69, 9.17) is 21.7 Å². The van der Waals surface area contributed by atoms with Crippen LogP contribution in [-0.2, 0) is 9.59 Å². The van der Waals surface area contributed by atoms with Crippen molar-refractivity contribution in [3.05, 3.63) is 28.7 Å². The molecule has 1 aromatic rings. The fourth-order valence-electron chi connectivity index (χ4n) is 3.84. The Kier molecular flexibility index (Phi) is 6.60. The first-order chi connectivity index (χ1) is 14.5. The summed E-state index contributed by atoms with van der Waals surface area (Å²) in [6.45, 7) is 5.52. The van der Waals surface area contributed by atoms with Gasteiger partial charge in [-0.25, -0.2) is 0 Å². The van der Waals surface area contributed by atoms with Crippen molar-refractivity contribution >= 4 is 46.2 Å². The number of nitrogens with zero attached hydrogens (tertiary/aromatic N) is 2. The molecule has 3 aliphatic rings. The number of thiocarbonyl (C=S) groups is 1. The van der Waals surface area contributed by atoms with E-state index < -0.39 is 0 Å². The minimum atomic E-state index is -0.137. The van der Waals surface area contributed by atoms with Crippen LogP contribution < -0.4 is 14.8 Å². The van der Waals surface area contributed by atoms with Crippen molar-refractivity contribution in [3.63, 3.8) is 0 Å². The van der Waals surface area contributed by atoms with Crippen LogP contribution in [0.2, 0.25) is 0 Å². The third kappa shape index (κ3) is 4.96. The second-order valence-corrected chi connectivity index (χ2v) is 9.45. The fourth-order valence-corrected chi connectivity index (χ4v) is 5.15. The molecule has 0 aromatic heterocycles. The Morgan fingerprint density at radius 3 is 3.03 bits per heavy atom. The normalized spacial score (nSPS) is 22.8. The van der Waals surface area contributed by atoms with Crippen LogP contribution in [0, 0.1) is 5.92 Å². The van der Waals surface area contributed by atoms with E-state index in [2.05, 4.69) is 17.1 Å². The van der Waals surface area contributed by atoms with E-state index >= 15 is 0 Å². The number of ether oxygens (including phenoxy) is 2. The average molecular weight is 448 g/mol. The monoisotopic (exact) mass is 447 g/mol. The van der Waals surface area contributed by atoms with E-state index in [9.17, 15) is 9.59 Å². The molecule has 160 valence electrons. The van der Waals surface area contributed by atoms with Gasteiger partial charge in [0.2, 0.25) is 12.7 Å². The highest BCUT2D eigenvalue weighted by Gasteiger charge is 2.32. The maximum atomic E-state index is 12.8. The van der Waals surface area contributed by atoms with Gasteiger partial charge in [0.1, 0.15) is 4.32 Å². The molecule has 3 heterocycles. The third-order valence-electron chi connectivity index (χ3n) is 5.33. The molecule has 1 aromatic carbocycles. The van der Waals surface area contributed by atoms with Crippen LogP contribution in [0.4, 0.5) is 0 Å². The summed E-state index contributed by atoms with van der Waals surface area (Å²) in [4.78, 5) is 29.3. The molecule has 2 saturated heterocycles. The number of thioether (sulfide) groups is 1. The van der Waals surface area contributed by atoms with Crippen LogP contribution in [-0.4, -0.2) is 65.5 Å². The average Bonchev–Trinajstić information content (AvgIpc) is 3.27. The summed E-state index contributed by atoms with van der Waals surface area (Å²) in [5.41, 5.74) is 0.851. The van der Waals surface area contributed by atoms with Crippen molar-refractivity contribution in [2.24, 2.45) is 5.92 Å². The van der Waals surface area contributed by atoms with Crippen molar-refractivity contribution in [2.75, 3.05) is 39.5 Å². The molecule has 0 bridgehead atoms. The summed E-state index contributed by atoms with van der Waals surface area (Å²) in [5, 5.41) is 2.91. The molecular formula is C21H25N3O4S2. The highest BCUT2D eigenvalue weighted by atomic mass is 32.2. The summed E-state index contributed by atoms with van der Waals surface area (Å²) in [6, 6.07) is 5.55. The first-order valence-electron chi connectivity index (χ1n) is 10.1. The third-order valence-corrected chi connectivity index (χ3v) is 6.71. The lowest BCUT2D eigenvalue weighted by Crippen LogP contribution is -2.44. The zero-order chi connectivity index (χ0) is 21.1. The number of carbonyl (C=O) groups excluding carboxylic acids is 2. The largest absolute Gasteiger partial charge is 0.454 e. The van der Waals surface area contributed by atoms with Crippen LogP contribution in [0.25, 0.3) is 6.08 Å². The Morgan fingerprint density at radius 2 is 2.20 bits per heavy atom. The zero-order valence-electron chi connectivity index (χ0n) is 16.9. The summed E-state index contributed by atoms with van der Waals surface area (Å²) < 4.78 is 11.2. The number of hydrogen-bond donors (Lipinski definition) is 1. The molecule has 3 aliphatic heterocycles. The van der Waals surface area contributed by atoms with Crippen LogP contribution >= 0.6 is 24.0 Å². The lowest BCUT2D eigenvalue weighted by molar-refractivity contribution is -0.124. The van der Waals surface area contributed by atoms with Gasteiger partial charge in [0.05, 0.1) is 11.4 Å². The molecule has 2 amide bonds. The Labute approximate surface area is 185 Å². The van der Waals surface area contributed by atoms with E-state index in [1.807, 2.05) is 18.2 Å². The van der Waals surface area contributed by atoms with Gasteiger partial charge in [0.15, 0.2) is 11.5 Å². The van der Waals surface area contributed by atoms with Gasteiger partial charge >= 0.3 is 0 Å². The Bertz CT molecular complexity index is 889. The topological polar surface area (TPSA) is 71.1 Å². The molecule has 1 atom stereocenters. The van der Waals surface area contributed by atoms with Gasteiger partial charge in [0, 0.05) is 19.6 Å². The lowest BCUT2D eigenvalue weighted by Gasteiger charge is -2.30. The van der Waals surface area contributed by atoms with Crippen LogP contribution in [0.1, 0.15) is 25.3 Å². The number of amides is 2. The molecule has 0 saturated carbocycles. The van der Waals surface area contributed by atoms with Gasteiger partial charge < -0.3 is 14.8 Å². The summed E-state index contributed by atoms with van der Waals surface area (Å²) in [5.74, 6) is 1.87. The molecule has 7 nitrogen and oxygen atoms in total. The predicted octanol–water partition coefficient (Wildman–Crippen LogP) is 2.46. The minimum Gasteiger partial charge on any atom is -0.454 e. The minimum absolute atomic E-state index is 0.00885. The molecule has 0 aliphatic carbocycles.